The Kier molecular flexibility index (Phi) is 5.09. The molecular weight excluding hydrogens is 350 g/mol. The summed E-state index contributed by atoms with van der Waals surface area (Å²) in [6.07, 6.45) is 0.934. The largest absolute Gasteiger partial charge is 0.336 e. The Hall–Kier alpha value is -3.17. The minimum absolute atomic E-state index is 0.00271. The van der Waals surface area contributed by atoms with E-state index in [2.05, 4.69) is 21.2 Å². The monoisotopic (exact) mass is 373 g/mol. The van der Waals surface area contributed by atoms with Crippen molar-refractivity contribution >= 4 is 16.8 Å². The van der Waals surface area contributed by atoms with Crippen molar-refractivity contribution in [2.75, 3.05) is 26.2 Å². The van der Waals surface area contributed by atoms with Gasteiger partial charge in [-0.15, -0.1) is 0 Å². The van der Waals surface area contributed by atoms with Gasteiger partial charge < -0.3 is 4.90 Å². The summed E-state index contributed by atoms with van der Waals surface area (Å²) >= 11 is 0. The molecule has 2 heterocycles. The predicted octanol–water partition coefficient (Wildman–Crippen LogP) is 3.09. The number of nitriles is 1. The van der Waals surface area contributed by atoms with Crippen LogP contribution in [0.4, 0.5) is 0 Å². The van der Waals surface area contributed by atoms with Crippen LogP contribution in [-0.4, -0.2) is 52.1 Å². The summed E-state index contributed by atoms with van der Waals surface area (Å²) in [4.78, 5) is 17.3. The molecular formula is C22H23N5O. The number of aromatic nitrogens is 2. The molecule has 1 N–H and O–H groups in total. The maximum atomic E-state index is 13.1. The number of nitrogens with zero attached hydrogens (tertiary/aromatic N) is 4. The number of hydrogen-bond acceptors (Lipinski definition) is 4. The summed E-state index contributed by atoms with van der Waals surface area (Å²) in [7, 11) is 0. The third-order valence-corrected chi connectivity index (χ3v) is 5.29. The number of carbonyl (C=O) groups excluding carboxylic acids is 1. The molecule has 0 aliphatic carbocycles. The molecule has 1 aromatic heterocycles. The molecule has 1 saturated heterocycles. The molecule has 4 rings (SSSR count). The molecule has 0 radical (unpaired) electrons. The standard InChI is InChI=1S/C22H23N5O/c1-16-3-8-20-19(13-16)21(25-24-20)22(28)27-10-2-9-26(11-12-27)15-18-6-4-17(14-23)5-7-18/h3-8,13H,2,9-12,15H2,1H3,(H,24,25). The SMILES string of the molecule is Cc1ccc2[nH]nc(C(=O)N3CCCN(Cc4ccc(C#N)cc4)CC3)c2c1. The molecule has 28 heavy (non-hydrogen) atoms. The quantitative estimate of drug-likeness (QED) is 0.765. The van der Waals surface area contributed by atoms with Gasteiger partial charge in [0.15, 0.2) is 5.69 Å². The van der Waals surface area contributed by atoms with Gasteiger partial charge in [0.05, 0.1) is 17.1 Å². The number of H-pyrrole nitrogens is 1. The van der Waals surface area contributed by atoms with Gasteiger partial charge in [-0.3, -0.25) is 14.8 Å². The number of nitrogens with one attached hydrogen (secondary N) is 1. The maximum Gasteiger partial charge on any atom is 0.275 e. The minimum atomic E-state index is -0.00271. The van der Waals surface area contributed by atoms with E-state index in [0.717, 1.165) is 49.1 Å². The Balaban J connectivity index is 1.43. The van der Waals surface area contributed by atoms with Crippen LogP contribution in [0.3, 0.4) is 0 Å². The second-order valence-electron chi connectivity index (χ2n) is 7.35. The van der Waals surface area contributed by atoms with Crippen LogP contribution in [0.25, 0.3) is 10.9 Å². The van der Waals surface area contributed by atoms with E-state index in [0.29, 0.717) is 17.8 Å². The zero-order valence-corrected chi connectivity index (χ0v) is 16.0. The molecule has 1 amide bonds. The van der Waals surface area contributed by atoms with E-state index in [4.69, 9.17) is 5.26 Å². The zero-order valence-electron chi connectivity index (χ0n) is 16.0. The molecule has 2 aromatic carbocycles. The van der Waals surface area contributed by atoms with Crippen molar-refractivity contribution < 1.29 is 4.79 Å². The molecule has 6 nitrogen and oxygen atoms in total. The lowest BCUT2D eigenvalue weighted by atomic mass is 10.1. The van der Waals surface area contributed by atoms with Gasteiger partial charge in [0.1, 0.15) is 0 Å². The van der Waals surface area contributed by atoms with E-state index < -0.39 is 0 Å². The van der Waals surface area contributed by atoms with Gasteiger partial charge in [-0.1, -0.05) is 23.8 Å². The fourth-order valence-corrected chi connectivity index (χ4v) is 3.72. The Labute approximate surface area is 164 Å². The molecule has 0 atom stereocenters. The summed E-state index contributed by atoms with van der Waals surface area (Å²) in [6.45, 7) is 6.06. The fraction of sp³-hybridized carbons (Fsp3) is 0.318. The summed E-state index contributed by atoms with van der Waals surface area (Å²) in [6, 6.07) is 15.9. The molecule has 1 aliphatic rings. The Bertz CT molecular complexity index is 1030. The van der Waals surface area contributed by atoms with Gasteiger partial charge in [-0.2, -0.15) is 10.4 Å². The van der Waals surface area contributed by atoms with Crippen LogP contribution in [-0.2, 0) is 6.54 Å². The number of fused-ring (bicyclic) bond motifs is 1. The van der Waals surface area contributed by atoms with Crippen LogP contribution in [0.1, 0.15) is 33.6 Å². The summed E-state index contributed by atoms with van der Waals surface area (Å²) in [5.41, 5.74) is 4.39. The average Bonchev–Trinajstić information content (AvgIpc) is 2.98. The van der Waals surface area contributed by atoms with E-state index in [1.807, 2.05) is 54.3 Å². The van der Waals surface area contributed by atoms with Crippen LogP contribution >= 0.6 is 0 Å². The fourth-order valence-electron chi connectivity index (χ4n) is 3.72. The third kappa shape index (κ3) is 3.75. The van der Waals surface area contributed by atoms with Gasteiger partial charge in [0.2, 0.25) is 0 Å². The zero-order chi connectivity index (χ0) is 19.5. The molecule has 3 aromatic rings. The van der Waals surface area contributed by atoms with E-state index in [-0.39, 0.29) is 5.91 Å². The number of amides is 1. The molecule has 0 spiro atoms. The van der Waals surface area contributed by atoms with Crippen molar-refractivity contribution in [3.05, 3.63) is 64.8 Å². The first-order valence-electron chi connectivity index (χ1n) is 9.59. The van der Waals surface area contributed by atoms with E-state index in [9.17, 15) is 4.79 Å². The lowest BCUT2D eigenvalue weighted by molar-refractivity contribution is 0.0757. The third-order valence-electron chi connectivity index (χ3n) is 5.29. The first-order valence-corrected chi connectivity index (χ1v) is 9.59. The lowest BCUT2D eigenvalue weighted by Crippen LogP contribution is -2.35. The Morgan fingerprint density at radius 1 is 1.14 bits per heavy atom. The van der Waals surface area contributed by atoms with E-state index in [1.165, 1.54) is 5.56 Å². The van der Waals surface area contributed by atoms with Crippen molar-refractivity contribution in [2.45, 2.75) is 19.9 Å². The molecule has 0 bridgehead atoms. The van der Waals surface area contributed by atoms with Crippen LogP contribution < -0.4 is 0 Å². The predicted molar refractivity (Wildman–Crippen MR) is 108 cm³/mol. The second-order valence-corrected chi connectivity index (χ2v) is 7.35. The highest BCUT2D eigenvalue weighted by Crippen LogP contribution is 2.20. The van der Waals surface area contributed by atoms with Crippen LogP contribution in [0.5, 0.6) is 0 Å². The number of hydrogen-bond donors (Lipinski definition) is 1. The molecule has 142 valence electrons. The molecule has 1 fully saturated rings. The number of aromatic amines is 1. The van der Waals surface area contributed by atoms with Crippen molar-refractivity contribution in [3.8, 4) is 6.07 Å². The van der Waals surface area contributed by atoms with Gasteiger partial charge in [-0.05, 0) is 43.2 Å². The van der Waals surface area contributed by atoms with Crippen LogP contribution in [0, 0.1) is 18.3 Å². The highest BCUT2D eigenvalue weighted by Gasteiger charge is 2.23. The lowest BCUT2D eigenvalue weighted by Gasteiger charge is -2.21. The Morgan fingerprint density at radius 3 is 2.75 bits per heavy atom. The first kappa shape index (κ1) is 18.2. The van der Waals surface area contributed by atoms with Gasteiger partial charge in [0, 0.05) is 38.1 Å². The minimum Gasteiger partial charge on any atom is -0.336 e. The molecule has 0 saturated carbocycles. The van der Waals surface area contributed by atoms with Gasteiger partial charge >= 0.3 is 0 Å². The number of carbonyl (C=O) groups is 1. The summed E-state index contributed by atoms with van der Waals surface area (Å²) in [5.74, 6) is -0.00271. The normalized spacial score (nSPS) is 15.4. The molecule has 0 unspecified atom stereocenters. The highest BCUT2D eigenvalue weighted by atomic mass is 16.2. The van der Waals surface area contributed by atoms with Crippen LogP contribution in [0.15, 0.2) is 42.5 Å². The molecule has 1 aliphatic heterocycles. The maximum absolute atomic E-state index is 13.1. The number of aryl methyl sites for hydroxylation is 1. The number of benzene rings is 2. The Morgan fingerprint density at radius 2 is 1.96 bits per heavy atom. The summed E-state index contributed by atoms with van der Waals surface area (Å²) < 4.78 is 0. The van der Waals surface area contributed by atoms with Gasteiger partial charge in [0.25, 0.3) is 5.91 Å². The topological polar surface area (TPSA) is 76.0 Å². The highest BCUT2D eigenvalue weighted by molar-refractivity contribution is 6.04. The van der Waals surface area contributed by atoms with E-state index in [1.54, 1.807) is 0 Å². The first-order chi connectivity index (χ1) is 13.6. The molecule has 6 heteroatoms. The number of rotatable bonds is 3. The smallest absolute Gasteiger partial charge is 0.275 e. The second kappa shape index (κ2) is 7.83. The van der Waals surface area contributed by atoms with Crippen molar-refractivity contribution in [1.29, 1.82) is 5.26 Å². The van der Waals surface area contributed by atoms with Crippen LogP contribution in [0.2, 0.25) is 0 Å². The van der Waals surface area contributed by atoms with Crippen molar-refractivity contribution in [2.24, 2.45) is 0 Å². The summed E-state index contributed by atoms with van der Waals surface area (Å²) in [5, 5.41) is 17.1. The van der Waals surface area contributed by atoms with Crippen molar-refractivity contribution in [1.82, 2.24) is 20.0 Å². The van der Waals surface area contributed by atoms with Gasteiger partial charge in [-0.25, -0.2) is 0 Å². The van der Waals surface area contributed by atoms with E-state index >= 15 is 0 Å². The van der Waals surface area contributed by atoms with Crippen molar-refractivity contribution in [3.63, 3.8) is 0 Å². The average molecular weight is 373 g/mol.